The summed E-state index contributed by atoms with van der Waals surface area (Å²) in [5, 5.41) is 0. The molecule has 0 aliphatic heterocycles. The molecular weight excluding hydrogens is 283 g/mol. The van der Waals surface area contributed by atoms with Crippen LogP contribution in [0.15, 0.2) is 22.7 Å². The Hall–Kier alpha value is -0.410. The van der Waals surface area contributed by atoms with E-state index in [4.69, 9.17) is 4.74 Å². The lowest BCUT2D eigenvalue weighted by Gasteiger charge is -2.28. The van der Waals surface area contributed by atoms with E-state index in [0.29, 0.717) is 18.6 Å². The highest BCUT2D eigenvalue weighted by Crippen LogP contribution is 2.27. The van der Waals surface area contributed by atoms with Crippen LogP contribution >= 0.6 is 15.9 Å². The second-order valence-corrected chi connectivity index (χ2v) is 5.80. The minimum Gasteiger partial charge on any atom is -0.373 e. The molecular formula is C14H18BrFO. The molecule has 94 valence electrons. The summed E-state index contributed by atoms with van der Waals surface area (Å²) in [4.78, 5) is 0. The first-order chi connectivity index (χ1) is 8.15. The number of ether oxygens (including phenoxy) is 1. The maximum absolute atomic E-state index is 13.2. The van der Waals surface area contributed by atoms with Gasteiger partial charge >= 0.3 is 0 Å². The van der Waals surface area contributed by atoms with Crippen molar-refractivity contribution < 1.29 is 9.13 Å². The van der Waals surface area contributed by atoms with Crippen LogP contribution in [0.5, 0.6) is 0 Å². The standard InChI is InChI=1S/C14H18BrFO/c1-10-4-2-3-5-14(10)17-9-11-6-12(15)8-13(16)7-11/h6-8,10,14H,2-5,9H2,1H3. The number of benzene rings is 1. The Kier molecular flexibility index (Phi) is 4.57. The average Bonchev–Trinajstić information content (AvgIpc) is 2.27. The normalized spacial score (nSPS) is 24.9. The van der Waals surface area contributed by atoms with Gasteiger partial charge in [-0.2, -0.15) is 0 Å². The summed E-state index contributed by atoms with van der Waals surface area (Å²) in [6, 6.07) is 4.92. The van der Waals surface area contributed by atoms with E-state index in [2.05, 4.69) is 22.9 Å². The zero-order valence-corrected chi connectivity index (χ0v) is 11.7. The molecule has 2 atom stereocenters. The van der Waals surface area contributed by atoms with Crippen molar-refractivity contribution in [2.45, 2.75) is 45.3 Å². The maximum atomic E-state index is 13.2. The van der Waals surface area contributed by atoms with E-state index in [1.54, 1.807) is 0 Å². The fourth-order valence-corrected chi connectivity index (χ4v) is 2.94. The molecule has 0 aromatic heterocycles. The SMILES string of the molecule is CC1CCCCC1OCc1cc(F)cc(Br)c1. The number of rotatable bonds is 3. The summed E-state index contributed by atoms with van der Waals surface area (Å²) in [7, 11) is 0. The maximum Gasteiger partial charge on any atom is 0.124 e. The van der Waals surface area contributed by atoms with Gasteiger partial charge in [0.25, 0.3) is 0 Å². The summed E-state index contributed by atoms with van der Waals surface area (Å²) in [5.41, 5.74) is 0.898. The van der Waals surface area contributed by atoms with Gasteiger partial charge in [-0.15, -0.1) is 0 Å². The molecule has 0 heterocycles. The topological polar surface area (TPSA) is 9.23 Å². The highest BCUT2D eigenvalue weighted by atomic mass is 79.9. The van der Waals surface area contributed by atoms with Crippen LogP contribution in [-0.4, -0.2) is 6.10 Å². The molecule has 1 aromatic carbocycles. The van der Waals surface area contributed by atoms with Gasteiger partial charge in [0.2, 0.25) is 0 Å². The summed E-state index contributed by atoms with van der Waals surface area (Å²) in [6.07, 6.45) is 5.29. The summed E-state index contributed by atoms with van der Waals surface area (Å²) >= 11 is 3.30. The fraction of sp³-hybridized carbons (Fsp3) is 0.571. The van der Waals surface area contributed by atoms with E-state index in [1.807, 2.05) is 6.07 Å². The highest BCUT2D eigenvalue weighted by molar-refractivity contribution is 9.10. The summed E-state index contributed by atoms with van der Waals surface area (Å²) in [6.45, 7) is 2.75. The van der Waals surface area contributed by atoms with Crippen LogP contribution in [0.25, 0.3) is 0 Å². The Morgan fingerprint density at radius 3 is 2.76 bits per heavy atom. The second-order valence-electron chi connectivity index (χ2n) is 4.89. The molecule has 1 aliphatic rings. The monoisotopic (exact) mass is 300 g/mol. The lowest BCUT2D eigenvalue weighted by atomic mass is 9.88. The molecule has 3 heteroatoms. The van der Waals surface area contributed by atoms with Crippen LogP contribution < -0.4 is 0 Å². The van der Waals surface area contributed by atoms with Gasteiger partial charge in [0.15, 0.2) is 0 Å². The molecule has 1 aromatic rings. The molecule has 0 saturated heterocycles. The third-order valence-corrected chi connectivity index (χ3v) is 3.88. The van der Waals surface area contributed by atoms with Gasteiger partial charge in [0.1, 0.15) is 5.82 Å². The van der Waals surface area contributed by atoms with E-state index in [9.17, 15) is 4.39 Å². The van der Waals surface area contributed by atoms with Crippen LogP contribution in [0, 0.1) is 11.7 Å². The van der Waals surface area contributed by atoms with Crippen LogP contribution in [0.1, 0.15) is 38.2 Å². The Morgan fingerprint density at radius 2 is 2.06 bits per heavy atom. The van der Waals surface area contributed by atoms with Crippen LogP contribution in [-0.2, 0) is 11.3 Å². The largest absolute Gasteiger partial charge is 0.373 e. The van der Waals surface area contributed by atoms with Gasteiger partial charge in [-0.3, -0.25) is 0 Å². The van der Waals surface area contributed by atoms with Crippen molar-refractivity contribution in [2.75, 3.05) is 0 Å². The van der Waals surface area contributed by atoms with Crippen molar-refractivity contribution in [1.29, 1.82) is 0 Å². The van der Waals surface area contributed by atoms with Gasteiger partial charge in [0.05, 0.1) is 12.7 Å². The molecule has 0 radical (unpaired) electrons. The molecule has 1 aliphatic carbocycles. The molecule has 0 N–H and O–H groups in total. The Morgan fingerprint density at radius 1 is 1.29 bits per heavy atom. The second kappa shape index (κ2) is 5.96. The molecule has 2 rings (SSSR count). The van der Waals surface area contributed by atoms with Crippen molar-refractivity contribution in [3.8, 4) is 0 Å². The highest BCUT2D eigenvalue weighted by Gasteiger charge is 2.21. The van der Waals surface area contributed by atoms with E-state index >= 15 is 0 Å². The van der Waals surface area contributed by atoms with Gasteiger partial charge < -0.3 is 4.74 Å². The Labute approximate surface area is 110 Å². The van der Waals surface area contributed by atoms with Crippen LogP contribution in [0.4, 0.5) is 4.39 Å². The third kappa shape index (κ3) is 3.78. The van der Waals surface area contributed by atoms with Gasteiger partial charge in [-0.05, 0) is 42.5 Å². The predicted octanol–water partition coefficient (Wildman–Crippen LogP) is 4.68. The molecule has 0 bridgehead atoms. The van der Waals surface area contributed by atoms with Crippen molar-refractivity contribution in [1.82, 2.24) is 0 Å². The first-order valence-electron chi connectivity index (χ1n) is 6.22. The van der Waals surface area contributed by atoms with Crippen molar-refractivity contribution in [3.63, 3.8) is 0 Å². The summed E-state index contributed by atoms with van der Waals surface area (Å²) < 4.78 is 19.9. The Bertz CT molecular complexity index is 360. The molecule has 0 amide bonds. The van der Waals surface area contributed by atoms with Crippen LogP contribution in [0.3, 0.4) is 0 Å². The minimum atomic E-state index is -0.213. The molecule has 1 nitrogen and oxygen atoms in total. The first-order valence-corrected chi connectivity index (χ1v) is 7.01. The summed E-state index contributed by atoms with van der Waals surface area (Å²) in [5.74, 6) is 0.412. The van der Waals surface area contributed by atoms with E-state index in [1.165, 1.54) is 31.4 Å². The van der Waals surface area contributed by atoms with Gasteiger partial charge in [0, 0.05) is 4.47 Å². The molecule has 17 heavy (non-hydrogen) atoms. The Balaban J connectivity index is 1.92. The third-order valence-electron chi connectivity index (χ3n) is 3.42. The minimum absolute atomic E-state index is 0.213. The molecule has 1 fully saturated rings. The van der Waals surface area contributed by atoms with Crippen molar-refractivity contribution in [3.05, 3.63) is 34.1 Å². The zero-order valence-electron chi connectivity index (χ0n) is 10.1. The first kappa shape index (κ1) is 13.0. The number of hydrogen-bond acceptors (Lipinski definition) is 1. The van der Waals surface area contributed by atoms with Crippen molar-refractivity contribution >= 4 is 15.9 Å². The molecule has 2 unspecified atom stereocenters. The van der Waals surface area contributed by atoms with Crippen LogP contribution in [0.2, 0.25) is 0 Å². The zero-order chi connectivity index (χ0) is 12.3. The van der Waals surface area contributed by atoms with Gasteiger partial charge in [-0.1, -0.05) is 35.7 Å². The number of halogens is 2. The quantitative estimate of drug-likeness (QED) is 0.787. The van der Waals surface area contributed by atoms with E-state index in [0.717, 1.165) is 16.5 Å². The van der Waals surface area contributed by atoms with Gasteiger partial charge in [-0.25, -0.2) is 4.39 Å². The average molecular weight is 301 g/mol. The van der Waals surface area contributed by atoms with E-state index in [-0.39, 0.29) is 5.82 Å². The fourth-order valence-electron chi connectivity index (χ4n) is 2.43. The number of hydrogen-bond donors (Lipinski definition) is 0. The molecule has 0 spiro atoms. The lowest BCUT2D eigenvalue weighted by molar-refractivity contribution is -0.0155. The molecule has 1 saturated carbocycles. The lowest BCUT2D eigenvalue weighted by Crippen LogP contribution is -2.25. The van der Waals surface area contributed by atoms with E-state index < -0.39 is 0 Å². The smallest absolute Gasteiger partial charge is 0.124 e. The van der Waals surface area contributed by atoms with Crippen molar-refractivity contribution in [2.24, 2.45) is 5.92 Å². The predicted molar refractivity (Wildman–Crippen MR) is 70.3 cm³/mol.